The highest BCUT2D eigenvalue weighted by molar-refractivity contribution is 5.96. The first-order chi connectivity index (χ1) is 38.2. The standard InChI is InChI=1S/C62H85NO17/c1-8-9-10-11-12-13-14-15-16-17-18-19-20-21-28-33-48-73-36-44(77-48)37-74-58(71)79-52(50(42-29-24-22-25-30-42)63-56(69)43-31-26-23-27-32-43)57(70)78-45-35-62(72)55(68)53-60(7,46(66)34-47-61(53,38-75-47)80-41(4)65)54(67)51(76-40(3)64)49(39(45)2)59(62,5)6/h15-16,22-27,29-32,44-48,50-53,55,66,68,72H,8-14,17-21,28,33-38H2,1-7H3,(H,63,69)/b16-15-/t44?,45-,46-,47+,48?,50-,51+,52+,53-,55-,60+,61-,62?/m0/s1. The molecule has 2 saturated carbocycles. The molecule has 2 heterocycles. The number of benzene rings is 2. The third-order valence-corrected chi connectivity index (χ3v) is 17.4. The average molecular weight is 1120 g/mol. The largest absolute Gasteiger partial charge is 0.509 e. The van der Waals surface area contributed by atoms with Gasteiger partial charge in [0.25, 0.3) is 5.91 Å². The van der Waals surface area contributed by atoms with E-state index in [1.165, 1.54) is 52.4 Å². The van der Waals surface area contributed by atoms with Gasteiger partial charge in [0.15, 0.2) is 23.8 Å². The molecule has 0 radical (unpaired) electrons. The van der Waals surface area contributed by atoms with Crippen molar-refractivity contribution in [2.45, 2.75) is 217 Å². The van der Waals surface area contributed by atoms with Crippen LogP contribution in [0.25, 0.3) is 0 Å². The molecule has 13 atom stereocenters. The van der Waals surface area contributed by atoms with Crippen molar-refractivity contribution in [2.24, 2.45) is 16.7 Å². The summed E-state index contributed by atoms with van der Waals surface area (Å²) >= 11 is 0. The lowest BCUT2D eigenvalue weighted by molar-refractivity contribution is -0.346. The van der Waals surface area contributed by atoms with Gasteiger partial charge >= 0.3 is 24.1 Å². The van der Waals surface area contributed by atoms with Crippen molar-refractivity contribution in [3.63, 3.8) is 0 Å². The van der Waals surface area contributed by atoms with Crippen LogP contribution in [-0.2, 0) is 57.1 Å². The number of rotatable bonds is 26. The molecular weight excluding hydrogens is 1030 g/mol. The number of unbranched alkanes of at least 4 members (excludes halogenated alkanes) is 11. The van der Waals surface area contributed by atoms with Crippen LogP contribution in [0.15, 0.2) is 84.0 Å². The molecule has 80 heavy (non-hydrogen) atoms. The van der Waals surface area contributed by atoms with E-state index in [1.807, 2.05) is 0 Å². The molecule has 2 saturated heterocycles. The molecule has 4 fully saturated rings. The van der Waals surface area contributed by atoms with E-state index in [-0.39, 0.29) is 43.0 Å². The molecule has 18 heteroatoms. The first-order valence-corrected chi connectivity index (χ1v) is 28.9. The Hall–Kier alpha value is -5.50. The Balaban J connectivity index is 1.09. The number of ether oxygens (including phenoxy) is 8. The van der Waals surface area contributed by atoms with Gasteiger partial charge in [-0.1, -0.05) is 133 Å². The number of aliphatic hydroxyl groups excluding tert-OH is 2. The van der Waals surface area contributed by atoms with E-state index >= 15 is 9.59 Å². The summed E-state index contributed by atoms with van der Waals surface area (Å²) in [6.07, 6.45) is 7.52. The van der Waals surface area contributed by atoms with E-state index in [0.29, 0.717) is 12.0 Å². The Bertz CT molecular complexity index is 2520. The fourth-order valence-electron chi connectivity index (χ4n) is 12.8. The molecule has 2 aromatic rings. The van der Waals surface area contributed by atoms with Crippen molar-refractivity contribution < 1.29 is 82.0 Å². The lowest BCUT2D eigenvalue weighted by atomic mass is 9.44. The summed E-state index contributed by atoms with van der Waals surface area (Å²) in [4.78, 5) is 84.3. The van der Waals surface area contributed by atoms with Crippen LogP contribution in [0.5, 0.6) is 0 Å². The van der Waals surface area contributed by atoms with Crippen LogP contribution in [0.2, 0.25) is 0 Å². The molecule has 5 aliphatic rings. The maximum absolute atomic E-state index is 15.4. The number of amides is 1. The quantitative estimate of drug-likeness (QED) is 0.0297. The van der Waals surface area contributed by atoms with Gasteiger partial charge in [-0.3, -0.25) is 19.2 Å². The first kappa shape index (κ1) is 62.1. The van der Waals surface area contributed by atoms with Gasteiger partial charge in [0.2, 0.25) is 6.10 Å². The van der Waals surface area contributed by atoms with Crippen molar-refractivity contribution in [1.82, 2.24) is 5.32 Å². The molecule has 2 aromatic carbocycles. The van der Waals surface area contributed by atoms with Gasteiger partial charge in [-0.05, 0) is 81.2 Å². The maximum atomic E-state index is 15.4. The van der Waals surface area contributed by atoms with Crippen LogP contribution >= 0.6 is 0 Å². The third kappa shape index (κ3) is 13.7. The topological polar surface area (TPSA) is 249 Å². The average Bonchev–Trinajstić information content (AvgIpc) is 3.96. The van der Waals surface area contributed by atoms with Gasteiger partial charge in [-0.25, -0.2) is 9.59 Å². The molecule has 18 nitrogen and oxygen atoms in total. The number of hydrogen-bond acceptors (Lipinski definition) is 17. The number of hydrogen-bond donors (Lipinski definition) is 4. The number of esters is 3. The van der Waals surface area contributed by atoms with Crippen LogP contribution in [0, 0.1) is 16.7 Å². The molecule has 7 rings (SSSR count). The zero-order chi connectivity index (χ0) is 57.8. The van der Waals surface area contributed by atoms with Gasteiger partial charge in [-0.2, -0.15) is 0 Å². The number of Topliss-reactive ketones (excluding diaryl/α,β-unsaturated/α-hetero) is 1. The van der Waals surface area contributed by atoms with Crippen LogP contribution in [-0.4, -0.2) is 131 Å². The second-order valence-electron chi connectivity index (χ2n) is 23.2. The number of carbonyl (C=O) groups excluding carboxylic acids is 6. The summed E-state index contributed by atoms with van der Waals surface area (Å²) in [6, 6.07) is 15.0. The Morgan fingerprint density at radius 2 is 1.44 bits per heavy atom. The number of fused-ring (bicyclic) bond motifs is 5. The highest BCUT2D eigenvalue weighted by Gasteiger charge is 2.77. The zero-order valence-electron chi connectivity index (χ0n) is 47.7. The number of ketones is 1. The minimum Gasteiger partial charge on any atom is -0.455 e. The van der Waals surface area contributed by atoms with Gasteiger partial charge in [0.1, 0.15) is 36.6 Å². The highest BCUT2D eigenvalue weighted by atomic mass is 16.8. The first-order valence-electron chi connectivity index (χ1n) is 28.9. The predicted molar refractivity (Wildman–Crippen MR) is 292 cm³/mol. The molecule has 0 spiro atoms. The van der Waals surface area contributed by atoms with Gasteiger partial charge < -0.3 is 58.5 Å². The van der Waals surface area contributed by atoms with E-state index in [1.54, 1.807) is 74.5 Å². The molecule has 4 N–H and O–H groups in total. The molecule has 1 amide bonds. The Morgan fingerprint density at radius 3 is 2.05 bits per heavy atom. The molecule has 0 aromatic heterocycles. The van der Waals surface area contributed by atoms with E-state index in [0.717, 1.165) is 58.8 Å². The van der Waals surface area contributed by atoms with Gasteiger partial charge in [0, 0.05) is 43.6 Å². The van der Waals surface area contributed by atoms with Gasteiger partial charge in [0.05, 0.1) is 30.8 Å². The molecule has 2 aliphatic heterocycles. The van der Waals surface area contributed by atoms with Crippen molar-refractivity contribution in [3.8, 4) is 0 Å². The molecule has 3 aliphatic carbocycles. The Labute approximate surface area is 470 Å². The van der Waals surface area contributed by atoms with Crippen molar-refractivity contribution >= 4 is 35.8 Å². The summed E-state index contributed by atoms with van der Waals surface area (Å²) in [5, 5.41) is 41.0. The van der Waals surface area contributed by atoms with Crippen LogP contribution in [0.4, 0.5) is 4.79 Å². The number of aliphatic hydroxyl groups is 3. The van der Waals surface area contributed by atoms with Crippen LogP contribution < -0.4 is 5.32 Å². The lowest BCUT2D eigenvalue weighted by Crippen LogP contribution is -2.81. The summed E-state index contributed by atoms with van der Waals surface area (Å²) < 4.78 is 47.3. The normalized spacial score (nSPS) is 30.4. The van der Waals surface area contributed by atoms with Crippen molar-refractivity contribution in [3.05, 3.63) is 95.1 Å². The fraction of sp³-hybridized carbons (Fsp3) is 0.645. The maximum Gasteiger partial charge on any atom is 0.509 e. The predicted octanol–water partition coefficient (Wildman–Crippen LogP) is 8.81. The Kier molecular flexibility index (Phi) is 21.4. The molecule has 440 valence electrons. The van der Waals surface area contributed by atoms with Crippen LogP contribution in [0.1, 0.15) is 173 Å². The summed E-state index contributed by atoms with van der Waals surface area (Å²) in [7, 11) is 0. The minimum atomic E-state index is -2.41. The zero-order valence-corrected chi connectivity index (χ0v) is 47.7. The lowest BCUT2D eigenvalue weighted by Gasteiger charge is -2.67. The monoisotopic (exact) mass is 1120 g/mol. The molecule has 3 unspecified atom stereocenters. The second kappa shape index (κ2) is 27.5. The second-order valence-corrected chi connectivity index (χ2v) is 23.2. The fourth-order valence-corrected chi connectivity index (χ4v) is 12.8. The summed E-state index contributed by atoms with van der Waals surface area (Å²) in [6.45, 7) is 10.00. The number of nitrogens with one attached hydrogen (secondary N) is 1. The SMILES string of the molecule is CCCCCCCC/C=C\CCCCCCCC1OCC(COC(=O)O[C@@H](C(=O)O[C@H]2CC3(O)[C@@H](O)[C@@H]4[C@]5(OC(C)=O)CO[C@@H]5C[C@H](O)[C@@]4(C)C(=O)[C@H](OC(C)=O)C(=C2C)C3(C)C)[C@@H](NC(=O)c2ccccc2)c2ccccc2)O1. The molecule has 2 bridgehead atoms. The molecular formula is C62H85NO17. The smallest absolute Gasteiger partial charge is 0.455 e. The van der Waals surface area contributed by atoms with E-state index in [4.69, 9.17) is 37.9 Å². The third-order valence-electron chi connectivity index (χ3n) is 17.4. The van der Waals surface area contributed by atoms with Crippen molar-refractivity contribution in [2.75, 3.05) is 19.8 Å². The van der Waals surface area contributed by atoms with E-state index in [2.05, 4.69) is 24.4 Å². The van der Waals surface area contributed by atoms with Crippen LogP contribution in [0.3, 0.4) is 0 Å². The summed E-state index contributed by atoms with van der Waals surface area (Å²) in [5.41, 5.74) is -7.17. The number of carbonyl (C=O) groups is 6. The highest BCUT2D eigenvalue weighted by Crippen LogP contribution is 2.63. The Morgan fingerprint density at radius 1 is 0.812 bits per heavy atom. The van der Waals surface area contributed by atoms with E-state index < -0.39 is 125 Å². The van der Waals surface area contributed by atoms with Gasteiger partial charge in [-0.15, -0.1) is 0 Å². The summed E-state index contributed by atoms with van der Waals surface area (Å²) in [5.74, 6) is -5.97. The van der Waals surface area contributed by atoms with E-state index in [9.17, 15) is 34.5 Å². The number of allylic oxidation sites excluding steroid dienone is 2. The minimum absolute atomic E-state index is 0.0214. The van der Waals surface area contributed by atoms with Crippen molar-refractivity contribution in [1.29, 1.82) is 0 Å².